The Bertz CT molecular complexity index is 455. The van der Waals surface area contributed by atoms with Gasteiger partial charge in [0, 0.05) is 19.4 Å². The predicted molar refractivity (Wildman–Crippen MR) is 86.3 cm³/mol. The van der Waals surface area contributed by atoms with Gasteiger partial charge >= 0.3 is 0 Å². The summed E-state index contributed by atoms with van der Waals surface area (Å²) < 4.78 is 5.36. The normalized spacial score (nSPS) is 10.5. The Morgan fingerprint density at radius 2 is 1.68 bits per heavy atom. The van der Waals surface area contributed by atoms with E-state index in [9.17, 15) is 9.59 Å². The quantitative estimate of drug-likeness (QED) is 0.617. The lowest BCUT2D eigenvalue weighted by Crippen LogP contribution is -2.28. The molecule has 2 amide bonds. The Balaban J connectivity index is 2.02. The van der Waals surface area contributed by atoms with Gasteiger partial charge in [-0.05, 0) is 25.5 Å². The van der Waals surface area contributed by atoms with Crippen molar-refractivity contribution in [2.45, 2.75) is 65.3 Å². The number of amides is 2. The van der Waals surface area contributed by atoms with Gasteiger partial charge in [-0.2, -0.15) is 0 Å². The van der Waals surface area contributed by atoms with Gasteiger partial charge in [0.25, 0.3) is 0 Å². The molecule has 0 aromatic carbocycles. The number of rotatable bonds is 11. The molecule has 0 bridgehead atoms. The van der Waals surface area contributed by atoms with Gasteiger partial charge < -0.3 is 15.1 Å². The number of furan rings is 1. The third-order valence-electron chi connectivity index (χ3n) is 3.44. The summed E-state index contributed by atoms with van der Waals surface area (Å²) in [7, 11) is 0. The fourth-order valence-corrected chi connectivity index (χ4v) is 2.13. The molecule has 0 unspecified atom stereocenters. The van der Waals surface area contributed by atoms with Crippen LogP contribution in [-0.4, -0.2) is 18.4 Å². The van der Waals surface area contributed by atoms with Crippen LogP contribution in [0, 0.1) is 6.92 Å². The van der Waals surface area contributed by atoms with Crippen LogP contribution >= 0.6 is 0 Å². The number of nitrogens with one attached hydrogen (secondary N) is 2. The second-order valence-corrected chi connectivity index (χ2v) is 5.55. The highest BCUT2D eigenvalue weighted by Gasteiger charge is 2.07. The molecule has 0 aliphatic heterocycles. The zero-order valence-corrected chi connectivity index (χ0v) is 13.7. The van der Waals surface area contributed by atoms with E-state index in [0.29, 0.717) is 13.1 Å². The number of carbonyl (C=O) groups excluding carboxylic acids is 2. The van der Waals surface area contributed by atoms with Crippen LogP contribution in [0.2, 0.25) is 0 Å². The molecule has 1 heterocycles. The van der Waals surface area contributed by atoms with Gasteiger partial charge in [0.05, 0.1) is 6.54 Å². The van der Waals surface area contributed by atoms with Crippen LogP contribution in [0.25, 0.3) is 0 Å². The van der Waals surface area contributed by atoms with Crippen LogP contribution in [-0.2, 0) is 16.1 Å². The Morgan fingerprint density at radius 3 is 2.32 bits per heavy atom. The van der Waals surface area contributed by atoms with Crippen LogP contribution in [0.5, 0.6) is 0 Å². The molecule has 0 saturated heterocycles. The lowest BCUT2D eigenvalue weighted by Gasteiger charge is -2.06. The van der Waals surface area contributed by atoms with Crippen molar-refractivity contribution >= 4 is 11.8 Å². The lowest BCUT2D eigenvalue weighted by atomic mass is 10.1. The third-order valence-corrected chi connectivity index (χ3v) is 3.44. The van der Waals surface area contributed by atoms with Crippen molar-refractivity contribution in [1.29, 1.82) is 0 Å². The van der Waals surface area contributed by atoms with Crippen molar-refractivity contribution in [2.75, 3.05) is 6.54 Å². The maximum Gasteiger partial charge on any atom is 0.220 e. The monoisotopic (exact) mass is 308 g/mol. The molecule has 5 heteroatoms. The van der Waals surface area contributed by atoms with Crippen molar-refractivity contribution in [2.24, 2.45) is 0 Å². The Labute approximate surface area is 132 Å². The molecule has 2 N–H and O–H groups in total. The molecule has 1 aromatic rings. The van der Waals surface area contributed by atoms with Crippen LogP contribution in [0.3, 0.4) is 0 Å². The Kier molecular flexibility index (Phi) is 9.03. The van der Waals surface area contributed by atoms with E-state index in [2.05, 4.69) is 17.6 Å². The zero-order chi connectivity index (χ0) is 16.2. The number of hydrogen-bond donors (Lipinski definition) is 2. The van der Waals surface area contributed by atoms with Gasteiger partial charge in [-0.15, -0.1) is 0 Å². The van der Waals surface area contributed by atoms with Gasteiger partial charge in [-0.3, -0.25) is 9.59 Å². The summed E-state index contributed by atoms with van der Waals surface area (Å²) in [6.45, 7) is 5.11. The molecule has 1 rings (SSSR count). The highest BCUT2D eigenvalue weighted by molar-refractivity contribution is 5.83. The number of carbonyl (C=O) groups is 2. The molecule has 0 spiro atoms. The van der Waals surface area contributed by atoms with Crippen molar-refractivity contribution in [3.63, 3.8) is 0 Å². The molecule has 1 aromatic heterocycles. The first-order valence-corrected chi connectivity index (χ1v) is 8.20. The van der Waals surface area contributed by atoms with E-state index in [4.69, 9.17) is 4.42 Å². The summed E-state index contributed by atoms with van der Waals surface area (Å²) in [5, 5.41) is 5.60. The van der Waals surface area contributed by atoms with E-state index in [-0.39, 0.29) is 24.7 Å². The average Bonchev–Trinajstić information content (AvgIpc) is 2.92. The maximum absolute atomic E-state index is 11.6. The van der Waals surface area contributed by atoms with Gasteiger partial charge in [-0.1, -0.05) is 32.6 Å². The lowest BCUT2D eigenvalue weighted by molar-refractivity contribution is -0.126. The van der Waals surface area contributed by atoms with Gasteiger partial charge in [0.1, 0.15) is 11.5 Å². The minimum absolute atomic E-state index is 0.0560. The minimum Gasteiger partial charge on any atom is -0.465 e. The first kappa shape index (κ1) is 18.3. The highest BCUT2D eigenvalue weighted by Crippen LogP contribution is 2.05. The van der Waals surface area contributed by atoms with Gasteiger partial charge in [0.15, 0.2) is 0 Å². The smallest absolute Gasteiger partial charge is 0.220 e. The van der Waals surface area contributed by atoms with E-state index in [1.165, 1.54) is 19.3 Å². The van der Waals surface area contributed by atoms with Crippen molar-refractivity contribution in [3.8, 4) is 0 Å². The third kappa shape index (κ3) is 8.49. The molecule has 0 aliphatic rings. The summed E-state index contributed by atoms with van der Waals surface area (Å²) in [4.78, 5) is 23.2. The van der Waals surface area contributed by atoms with Gasteiger partial charge in [-0.25, -0.2) is 0 Å². The second kappa shape index (κ2) is 10.9. The molecule has 0 saturated carbocycles. The van der Waals surface area contributed by atoms with E-state index >= 15 is 0 Å². The summed E-state index contributed by atoms with van der Waals surface area (Å²) in [5.41, 5.74) is 0. The van der Waals surface area contributed by atoms with Crippen LogP contribution in [0.15, 0.2) is 16.5 Å². The maximum atomic E-state index is 11.6. The molecular formula is C17H28N2O3. The largest absolute Gasteiger partial charge is 0.465 e. The molecule has 0 fully saturated rings. The van der Waals surface area contributed by atoms with E-state index in [1.54, 1.807) is 0 Å². The topological polar surface area (TPSA) is 71.3 Å². The number of aryl methyl sites for hydroxylation is 1. The molecule has 0 radical (unpaired) electrons. The SMILES string of the molecule is CCCCCCCNC(=O)CCC(=O)NCc1ccc(C)o1. The van der Waals surface area contributed by atoms with Crippen LogP contribution in [0.4, 0.5) is 0 Å². The van der Waals surface area contributed by atoms with Crippen LogP contribution < -0.4 is 10.6 Å². The fraction of sp³-hybridized carbons (Fsp3) is 0.647. The summed E-state index contributed by atoms with van der Waals surface area (Å²) >= 11 is 0. The molecule has 0 aliphatic carbocycles. The van der Waals surface area contributed by atoms with Crippen LogP contribution in [0.1, 0.15) is 63.4 Å². The average molecular weight is 308 g/mol. The first-order chi connectivity index (χ1) is 10.6. The molecule has 22 heavy (non-hydrogen) atoms. The summed E-state index contributed by atoms with van der Waals surface area (Å²) in [6.07, 6.45) is 6.30. The Hall–Kier alpha value is -1.78. The standard InChI is InChI=1S/C17H28N2O3/c1-3-4-5-6-7-12-18-16(20)10-11-17(21)19-13-15-9-8-14(2)22-15/h8-9H,3-7,10-13H2,1-2H3,(H,18,20)(H,19,21). The van der Waals surface area contributed by atoms with Crippen molar-refractivity contribution in [1.82, 2.24) is 10.6 Å². The minimum atomic E-state index is -0.132. The zero-order valence-electron chi connectivity index (χ0n) is 13.7. The highest BCUT2D eigenvalue weighted by atomic mass is 16.3. The molecular weight excluding hydrogens is 280 g/mol. The van der Waals surface area contributed by atoms with Crippen molar-refractivity contribution in [3.05, 3.63) is 23.7 Å². The number of unbranched alkanes of at least 4 members (excludes halogenated alkanes) is 4. The fourth-order valence-electron chi connectivity index (χ4n) is 2.13. The molecule has 5 nitrogen and oxygen atoms in total. The molecule has 124 valence electrons. The summed E-state index contributed by atoms with van der Waals surface area (Å²) in [5.74, 6) is 1.36. The predicted octanol–water partition coefficient (Wildman–Crippen LogP) is 3.07. The molecule has 0 atom stereocenters. The van der Waals surface area contributed by atoms with Gasteiger partial charge in [0.2, 0.25) is 11.8 Å². The first-order valence-electron chi connectivity index (χ1n) is 8.20. The summed E-state index contributed by atoms with van der Waals surface area (Å²) in [6, 6.07) is 3.69. The van der Waals surface area contributed by atoms with E-state index in [0.717, 1.165) is 24.4 Å². The van der Waals surface area contributed by atoms with E-state index < -0.39 is 0 Å². The van der Waals surface area contributed by atoms with E-state index in [1.807, 2.05) is 19.1 Å². The van der Waals surface area contributed by atoms with Crippen molar-refractivity contribution < 1.29 is 14.0 Å². The second-order valence-electron chi connectivity index (χ2n) is 5.55. The number of hydrogen-bond acceptors (Lipinski definition) is 3. The Morgan fingerprint density at radius 1 is 1.00 bits per heavy atom.